The number of carbonyl (C=O) groups excluding carboxylic acids is 2. The van der Waals surface area contributed by atoms with Gasteiger partial charge in [-0.3, -0.25) is 9.59 Å². The van der Waals surface area contributed by atoms with Gasteiger partial charge in [-0.2, -0.15) is 10.5 Å². The van der Waals surface area contributed by atoms with Gasteiger partial charge in [-0.25, -0.2) is 0 Å². The van der Waals surface area contributed by atoms with E-state index in [4.69, 9.17) is 15.3 Å². The Kier molecular flexibility index (Phi) is 3.76. The number of nitrogens with zero attached hydrogens (tertiary/aromatic N) is 2. The molecule has 0 bridgehead atoms. The Bertz CT molecular complexity index is 460. The van der Waals surface area contributed by atoms with Crippen LogP contribution in [0.5, 0.6) is 0 Å². The second-order valence-corrected chi connectivity index (χ2v) is 5.06. The second-order valence-electron chi connectivity index (χ2n) is 5.06. The van der Waals surface area contributed by atoms with Crippen molar-refractivity contribution in [1.82, 2.24) is 0 Å². The molecule has 5 nitrogen and oxygen atoms in total. The lowest BCUT2D eigenvalue weighted by atomic mass is 9.65. The van der Waals surface area contributed by atoms with Crippen molar-refractivity contribution in [1.29, 1.82) is 10.5 Å². The monoisotopic (exact) mass is 248 g/mol. The molecule has 0 saturated heterocycles. The molecule has 1 aliphatic carbocycles. The molecule has 18 heavy (non-hydrogen) atoms. The summed E-state index contributed by atoms with van der Waals surface area (Å²) in [6.45, 7) is 3.30. The van der Waals surface area contributed by atoms with Crippen molar-refractivity contribution in [2.45, 2.75) is 33.1 Å². The number of esters is 1. The van der Waals surface area contributed by atoms with Gasteiger partial charge in [0.1, 0.15) is 5.92 Å². The Hall–Kier alpha value is -1.88. The summed E-state index contributed by atoms with van der Waals surface area (Å²) in [7, 11) is 1.27. The van der Waals surface area contributed by atoms with Gasteiger partial charge >= 0.3 is 5.97 Å². The summed E-state index contributed by atoms with van der Waals surface area (Å²) in [6.07, 6.45) is 0.607. The zero-order chi connectivity index (χ0) is 14.0. The van der Waals surface area contributed by atoms with Crippen LogP contribution in [-0.2, 0) is 14.3 Å². The van der Waals surface area contributed by atoms with Crippen LogP contribution in [0.25, 0.3) is 0 Å². The summed E-state index contributed by atoms with van der Waals surface area (Å²) in [5.74, 6) is -1.54. The van der Waals surface area contributed by atoms with Crippen LogP contribution in [0.4, 0.5) is 0 Å². The van der Waals surface area contributed by atoms with Gasteiger partial charge in [0, 0.05) is 11.8 Å². The van der Waals surface area contributed by atoms with E-state index < -0.39 is 22.7 Å². The van der Waals surface area contributed by atoms with Crippen LogP contribution < -0.4 is 0 Å². The summed E-state index contributed by atoms with van der Waals surface area (Å²) in [5, 5.41) is 17.7. The summed E-state index contributed by atoms with van der Waals surface area (Å²) in [5.41, 5.74) is -2.04. The molecule has 3 atom stereocenters. The molecule has 5 heteroatoms. The molecule has 0 aliphatic heterocycles. The smallest absolute Gasteiger partial charge is 0.312 e. The first-order valence-electron chi connectivity index (χ1n) is 5.76. The fraction of sp³-hybridized carbons (Fsp3) is 0.692. The normalized spacial score (nSPS) is 34.7. The SMILES string of the molecule is COC(=O)[C@@]1(C)CC(C#N)C(=O)[C@]1(C)CCC#N. The topological polar surface area (TPSA) is 90.9 Å². The molecule has 0 N–H and O–H groups in total. The molecular formula is C13H16N2O3. The lowest BCUT2D eigenvalue weighted by molar-refractivity contribution is -0.160. The third kappa shape index (κ3) is 1.76. The highest BCUT2D eigenvalue weighted by Crippen LogP contribution is 2.55. The third-order valence-electron chi connectivity index (χ3n) is 4.22. The number of rotatable bonds is 3. The largest absolute Gasteiger partial charge is 0.469 e. The molecule has 0 amide bonds. The van der Waals surface area contributed by atoms with E-state index in [-0.39, 0.29) is 25.0 Å². The highest BCUT2D eigenvalue weighted by molar-refractivity contribution is 5.98. The van der Waals surface area contributed by atoms with Crippen molar-refractivity contribution in [3.8, 4) is 12.1 Å². The number of nitriles is 2. The molecule has 0 radical (unpaired) electrons. The first kappa shape index (κ1) is 14.2. The molecule has 0 spiro atoms. The van der Waals surface area contributed by atoms with E-state index in [2.05, 4.69) is 0 Å². The van der Waals surface area contributed by atoms with Gasteiger partial charge in [0.05, 0.1) is 24.7 Å². The molecule has 1 saturated carbocycles. The van der Waals surface area contributed by atoms with Crippen molar-refractivity contribution < 1.29 is 14.3 Å². The molecular weight excluding hydrogens is 232 g/mol. The first-order chi connectivity index (χ1) is 8.37. The van der Waals surface area contributed by atoms with E-state index in [0.717, 1.165) is 0 Å². The number of Topliss-reactive ketones (excluding diaryl/α,β-unsaturated/α-hetero) is 1. The van der Waals surface area contributed by atoms with E-state index in [1.807, 2.05) is 12.1 Å². The fourth-order valence-corrected chi connectivity index (χ4v) is 2.73. The predicted molar refractivity (Wildman–Crippen MR) is 61.8 cm³/mol. The van der Waals surface area contributed by atoms with E-state index in [0.29, 0.717) is 0 Å². The second kappa shape index (κ2) is 4.78. The van der Waals surface area contributed by atoms with Crippen molar-refractivity contribution in [3.05, 3.63) is 0 Å². The van der Waals surface area contributed by atoms with Crippen LogP contribution >= 0.6 is 0 Å². The standard InChI is InChI=1S/C13H16N2O3/c1-12(5-4-6-14)10(16)9(8-15)7-13(12,2)11(17)18-3/h9H,4-5,7H2,1-3H3/t9?,12-,13+/m0/s1. The number of hydrogen-bond acceptors (Lipinski definition) is 5. The minimum absolute atomic E-state index is 0.164. The van der Waals surface area contributed by atoms with Crippen LogP contribution in [0.2, 0.25) is 0 Å². The van der Waals surface area contributed by atoms with E-state index >= 15 is 0 Å². The maximum atomic E-state index is 12.3. The Labute approximate surface area is 106 Å². The van der Waals surface area contributed by atoms with Gasteiger partial charge in [-0.1, -0.05) is 6.92 Å². The van der Waals surface area contributed by atoms with Crippen molar-refractivity contribution in [2.24, 2.45) is 16.7 Å². The van der Waals surface area contributed by atoms with Crippen molar-refractivity contribution in [2.75, 3.05) is 7.11 Å². The van der Waals surface area contributed by atoms with Gasteiger partial charge < -0.3 is 4.74 Å². The van der Waals surface area contributed by atoms with Crippen LogP contribution in [-0.4, -0.2) is 18.9 Å². The molecule has 0 aromatic rings. The zero-order valence-electron chi connectivity index (χ0n) is 10.8. The molecule has 0 aromatic heterocycles. The van der Waals surface area contributed by atoms with Gasteiger partial charge in [0.15, 0.2) is 5.78 Å². The molecule has 0 heterocycles. The van der Waals surface area contributed by atoms with Crippen LogP contribution in [0.3, 0.4) is 0 Å². The summed E-state index contributed by atoms with van der Waals surface area (Å²) < 4.78 is 4.77. The fourth-order valence-electron chi connectivity index (χ4n) is 2.73. The van der Waals surface area contributed by atoms with Crippen LogP contribution in [0, 0.1) is 39.4 Å². The van der Waals surface area contributed by atoms with Crippen LogP contribution in [0.15, 0.2) is 0 Å². The maximum absolute atomic E-state index is 12.3. The number of ether oxygens (including phenoxy) is 1. The number of carbonyl (C=O) groups is 2. The molecule has 96 valence electrons. The summed E-state index contributed by atoms with van der Waals surface area (Å²) in [6, 6.07) is 3.92. The predicted octanol–water partition coefficient (Wildman–Crippen LogP) is 1.59. The quantitative estimate of drug-likeness (QED) is 0.707. The van der Waals surface area contributed by atoms with E-state index in [9.17, 15) is 9.59 Å². The van der Waals surface area contributed by atoms with E-state index in [1.165, 1.54) is 7.11 Å². The van der Waals surface area contributed by atoms with E-state index in [1.54, 1.807) is 13.8 Å². The molecule has 0 aromatic carbocycles. The van der Waals surface area contributed by atoms with Crippen molar-refractivity contribution in [3.63, 3.8) is 0 Å². The summed E-state index contributed by atoms with van der Waals surface area (Å²) in [4.78, 5) is 24.2. The van der Waals surface area contributed by atoms with Crippen LogP contribution in [0.1, 0.15) is 33.1 Å². The Morgan fingerprint density at radius 1 is 1.50 bits per heavy atom. The Morgan fingerprint density at radius 3 is 2.56 bits per heavy atom. The summed E-state index contributed by atoms with van der Waals surface area (Å²) >= 11 is 0. The molecule has 1 aliphatic rings. The zero-order valence-corrected chi connectivity index (χ0v) is 10.8. The van der Waals surface area contributed by atoms with Gasteiger partial charge in [0.2, 0.25) is 0 Å². The lowest BCUT2D eigenvalue weighted by Gasteiger charge is -2.36. The highest BCUT2D eigenvalue weighted by atomic mass is 16.5. The Balaban J connectivity index is 3.24. The maximum Gasteiger partial charge on any atom is 0.312 e. The number of ketones is 1. The number of methoxy groups -OCH3 is 1. The van der Waals surface area contributed by atoms with Gasteiger partial charge in [0.25, 0.3) is 0 Å². The average molecular weight is 248 g/mol. The molecule has 1 unspecified atom stereocenters. The first-order valence-corrected chi connectivity index (χ1v) is 5.76. The van der Waals surface area contributed by atoms with Crippen molar-refractivity contribution >= 4 is 11.8 Å². The minimum Gasteiger partial charge on any atom is -0.469 e. The molecule has 1 rings (SSSR count). The highest BCUT2D eigenvalue weighted by Gasteiger charge is 2.63. The molecule has 1 fully saturated rings. The Morgan fingerprint density at radius 2 is 2.11 bits per heavy atom. The number of hydrogen-bond donors (Lipinski definition) is 0. The lowest BCUT2D eigenvalue weighted by Crippen LogP contribution is -2.43. The third-order valence-corrected chi connectivity index (χ3v) is 4.22. The minimum atomic E-state index is -1.03. The van der Waals surface area contributed by atoms with Gasteiger partial charge in [-0.15, -0.1) is 0 Å². The van der Waals surface area contributed by atoms with Gasteiger partial charge in [-0.05, 0) is 19.8 Å². The average Bonchev–Trinajstić information content (AvgIpc) is 2.58.